The summed E-state index contributed by atoms with van der Waals surface area (Å²) in [5, 5.41) is 0.772. The van der Waals surface area contributed by atoms with E-state index in [1.54, 1.807) is 0 Å². The number of hydrogen-bond donors (Lipinski definition) is 0. The molecule has 2 rings (SSSR count). The Morgan fingerprint density at radius 2 is 2.24 bits per heavy atom. The minimum atomic E-state index is 0.533. The highest BCUT2D eigenvalue weighted by atomic mass is 35.5. The average Bonchev–Trinajstić information content (AvgIpc) is 2.78. The molecule has 1 fully saturated rings. The molecule has 3 heteroatoms. The molecule has 0 saturated carbocycles. The lowest BCUT2D eigenvalue weighted by Gasteiger charge is -2.21. The fourth-order valence-corrected chi connectivity index (χ4v) is 3.07. The van der Waals surface area contributed by atoms with Gasteiger partial charge in [-0.1, -0.05) is 24.9 Å². The lowest BCUT2D eigenvalue weighted by Crippen LogP contribution is -2.20. The maximum Gasteiger partial charge on any atom is 0.0495 e. The molecule has 1 aromatic rings. The molecule has 0 radical (unpaired) electrons. The van der Waals surface area contributed by atoms with Crippen LogP contribution in [0.5, 0.6) is 0 Å². The van der Waals surface area contributed by atoms with Crippen LogP contribution in [0.3, 0.4) is 0 Å². The fourth-order valence-electron chi connectivity index (χ4n) is 2.66. The Kier molecular flexibility index (Phi) is 4.58. The lowest BCUT2D eigenvalue weighted by atomic mass is 10.0. The third-order valence-electron chi connectivity index (χ3n) is 3.51. The summed E-state index contributed by atoms with van der Waals surface area (Å²) in [5.74, 6) is 1.38. The smallest absolute Gasteiger partial charge is 0.0495 e. The second kappa shape index (κ2) is 5.97. The molecule has 1 aromatic carbocycles. The van der Waals surface area contributed by atoms with Gasteiger partial charge in [0, 0.05) is 29.7 Å². The van der Waals surface area contributed by atoms with Gasteiger partial charge in [-0.05, 0) is 42.5 Å². The van der Waals surface area contributed by atoms with Crippen LogP contribution in [0.4, 0.5) is 5.69 Å². The molecule has 0 aromatic heterocycles. The van der Waals surface area contributed by atoms with Crippen LogP contribution in [0.25, 0.3) is 0 Å². The topological polar surface area (TPSA) is 3.24 Å². The van der Waals surface area contributed by atoms with Gasteiger partial charge in [-0.2, -0.15) is 0 Å². The Morgan fingerprint density at radius 3 is 2.94 bits per heavy atom. The fraction of sp³-hybridized carbons (Fsp3) is 0.571. The normalized spacial score (nSPS) is 19.9. The molecule has 0 bridgehead atoms. The van der Waals surface area contributed by atoms with E-state index in [1.807, 2.05) is 12.1 Å². The molecule has 1 aliphatic rings. The van der Waals surface area contributed by atoms with Crippen LogP contribution in [-0.2, 0) is 5.88 Å². The Hall–Kier alpha value is -0.400. The Balaban J connectivity index is 2.12. The van der Waals surface area contributed by atoms with Gasteiger partial charge in [0.25, 0.3) is 0 Å². The molecule has 1 atom stereocenters. The minimum absolute atomic E-state index is 0.533. The highest BCUT2D eigenvalue weighted by molar-refractivity contribution is 6.30. The molecule has 0 N–H and O–H groups in total. The molecule has 0 amide bonds. The van der Waals surface area contributed by atoms with E-state index >= 15 is 0 Å². The molecular weight excluding hydrogens is 253 g/mol. The van der Waals surface area contributed by atoms with Crippen molar-refractivity contribution in [1.82, 2.24) is 0 Å². The summed E-state index contributed by atoms with van der Waals surface area (Å²) in [6.07, 6.45) is 3.92. The molecule has 1 unspecified atom stereocenters. The largest absolute Gasteiger partial charge is 0.371 e. The van der Waals surface area contributed by atoms with Gasteiger partial charge >= 0.3 is 0 Å². The molecule has 0 aliphatic carbocycles. The van der Waals surface area contributed by atoms with Gasteiger partial charge in [0.1, 0.15) is 0 Å². The number of nitrogens with zero attached hydrogens (tertiary/aromatic N) is 1. The maximum atomic E-state index is 6.00. The van der Waals surface area contributed by atoms with Crippen LogP contribution >= 0.6 is 23.2 Å². The monoisotopic (exact) mass is 271 g/mol. The van der Waals surface area contributed by atoms with Crippen LogP contribution in [0.15, 0.2) is 18.2 Å². The van der Waals surface area contributed by atoms with Crippen molar-refractivity contribution < 1.29 is 0 Å². The summed E-state index contributed by atoms with van der Waals surface area (Å²) in [4.78, 5) is 2.45. The van der Waals surface area contributed by atoms with Gasteiger partial charge in [0.05, 0.1) is 0 Å². The van der Waals surface area contributed by atoms with Crippen LogP contribution in [-0.4, -0.2) is 13.1 Å². The number of benzene rings is 1. The summed E-state index contributed by atoms with van der Waals surface area (Å²) in [5.41, 5.74) is 2.42. The van der Waals surface area contributed by atoms with Crippen LogP contribution in [0.1, 0.15) is 31.7 Å². The van der Waals surface area contributed by atoms with E-state index in [0.29, 0.717) is 5.88 Å². The molecular formula is C14H19Cl2N. The zero-order valence-corrected chi connectivity index (χ0v) is 11.8. The van der Waals surface area contributed by atoms with Gasteiger partial charge in [-0.25, -0.2) is 0 Å². The number of anilines is 1. The van der Waals surface area contributed by atoms with Crippen molar-refractivity contribution in [2.24, 2.45) is 5.92 Å². The quantitative estimate of drug-likeness (QED) is 0.718. The minimum Gasteiger partial charge on any atom is -0.371 e. The summed E-state index contributed by atoms with van der Waals surface area (Å²) >= 11 is 12.0. The third-order valence-corrected chi connectivity index (χ3v) is 4.03. The summed E-state index contributed by atoms with van der Waals surface area (Å²) < 4.78 is 0. The molecule has 1 saturated heterocycles. The van der Waals surface area contributed by atoms with Crippen molar-refractivity contribution in [3.63, 3.8) is 0 Å². The number of halogens is 2. The number of hydrogen-bond acceptors (Lipinski definition) is 1. The predicted molar refractivity (Wildman–Crippen MR) is 76.2 cm³/mol. The third kappa shape index (κ3) is 3.08. The van der Waals surface area contributed by atoms with Crippen LogP contribution in [0, 0.1) is 5.92 Å². The van der Waals surface area contributed by atoms with Crippen molar-refractivity contribution in [3.05, 3.63) is 28.8 Å². The maximum absolute atomic E-state index is 6.00. The Labute approximate surface area is 114 Å². The molecule has 0 spiro atoms. The van der Waals surface area contributed by atoms with E-state index in [-0.39, 0.29) is 0 Å². The highest BCUT2D eigenvalue weighted by Gasteiger charge is 2.23. The highest BCUT2D eigenvalue weighted by Crippen LogP contribution is 2.31. The average molecular weight is 272 g/mol. The molecule has 1 aliphatic heterocycles. The first-order chi connectivity index (χ1) is 8.24. The standard InChI is InChI=1S/C14H19Cl2N/c1-2-3-11-6-7-17(10-11)14-5-4-13(16)8-12(14)9-15/h4-5,8,11H,2-3,6-7,9-10H2,1H3. The van der Waals surface area contributed by atoms with Crippen molar-refractivity contribution in [1.29, 1.82) is 0 Å². The molecule has 1 nitrogen and oxygen atoms in total. The zero-order valence-electron chi connectivity index (χ0n) is 10.3. The second-order valence-corrected chi connectivity index (χ2v) is 5.50. The van der Waals surface area contributed by atoms with Gasteiger partial charge in [-0.3, -0.25) is 0 Å². The first-order valence-electron chi connectivity index (χ1n) is 6.34. The zero-order chi connectivity index (χ0) is 12.3. The van der Waals surface area contributed by atoms with Crippen molar-refractivity contribution in [2.75, 3.05) is 18.0 Å². The van der Waals surface area contributed by atoms with E-state index in [4.69, 9.17) is 23.2 Å². The van der Waals surface area contributed by atoms with E-state index in [2.05, 4.69) is 17.9 Å². The Bertz CT molecular complexity index is 378. The second-order valence-electron chi connectivity index (χ2n) is 4.80. The molecule has 17 heavy (non-hydrogen) atoms. The van der Waals surface area contributed by atoms with E-state index in [1.165, 1.54) is 31.5 Å². The molecule has 94 valence electrons. The summed E-state index contributed by atoms with van der Waals surface area (Å²) in [6, 6.07) is 6.05. The molecule has 1 heterocycles. The van der Waals surface area contributed by atoms with Crippen molar-refractivity contribution in [2.45, 2.75) is 32.1 Å². The summed E-state index contributed by atoms with van der Waals surface area (Å²) in [7, 11) is 0. The number of alkyl halides is 1. The predicted octanol–water partition coefficient (Wildman–Crippen LogP) is 4.71. The van der Waals surface area contributed by atoms with Crippen LogP contribution in [0.2, 0.25) is 5.02 Å². The SMILES string of the molecule is CCCC1CCN(c2ccc(Cl)cc2CCl)C1. The summed E-state index contributed by atoms with van der Waals surface area (Å²) in [6.45, 7) is 4.57. The van der Waals surface area contributed by atoms with Crippen molar-refractivity contribution in [3.8, 4) is 0 Å². The first-order valence-corrected chi connectivity index (χ1v) is 7.25. The van der Waals surface area contributed by atoms with Gasteiger partial charge in [0.2, 0.25) is 0 Å². The van der Waals surface area contributed by atoms with E-state index in [0.717, 1.165) is 23.0 Å². The van der Waals surface area contributed by atoms with Gasteiger partial charge in [-0.15, -0.1) is 11.6 Å². The van der Waals surface area contributed by atoms with Gasteiger partial charge < -0.3 is 4.90 Å². The van der Waals surface area contributed by atoms with Crippen LogP contribution < -0.4 is 4.90 Å². The lowest BCUT2D eigenvalue weighted by molar-refractivity contribution is 0.530. The van der Waals surface area contributed by atoms with E-state index < -0.39 is 0 Å². The van der Waals surface area contributed by atoms with Gasteiger partial charge in [0.15, 0.2) is 0 Å². The number of rotatable bonds is 4. The van der Waals surface area contributed by atoms with E-state index in [9.17, 15) is 0 Å². The first kappa shape index (κ1) is 13.0. The van der Waals surface area contributed by atoms with Crippen molar-refractivity contribution >= 4 is 28.9 Å². The Morgan fingerprint density at radius 1 is 1.41 bits per heavy atom.